The molecular formula is C10H21NO. The molecule has 2 heteroatoms. The van der Waals surface area contributed by atoms with Gasteiger partial charge in [0, 0.05) is 13.7 Å². The number of hydrogen-bond acceptors (Lipinski definition) is 2. The molecule has 0 heterocycles. The van der Waals surface area contributed by atoms with Gasteiger partial charge in [-0.3, -0.25) is 0 Å². The average molecular weight is 171 g/mol. The van der Waals surface area contributed by atoms with E-state index in [9.17, 15) is 0 Å². The van der Waals surface area contributed by atoms with Crippen LogP contribution in [0.15, 0.2) is 12.7 Å². The van der Waals surface area contributed by atoms with E-state index in [1.165, 1.54) is 6.42 Å². The molecule has 0 bridgehead atoms. The molecule has 0 aliphatic carbocycles. The Morgan fingerprint density at radius 3 is 2.92 bits per heavy atom. The second-order valence-electron chi connectivity index (χ2n) is 3.17. The van der Waals surface area contributed by atoms with Gasteiger partial charge in [-0.15, -0.1) is 6.58 Å². The van der Waals surface area contributed by atoms with Crippen LogP contribution in [0.1, 0.15) is 19.8 Å². The summed E-state index contributed by atoms with van der Waals surface area (Å²) in [6.45, 7) is 8.79. The van der Waals surface area contributed by atoms with Crippen LogP contribution >= 0.6 is 0 Å². The van der Waals surface area contributed by atoms with Crippen molar-refractivity contribution in [3.63, 3.8) is 0 Å². The van der Waals surface area contributed by atoms with Crippen LogP contribution < -0.4 is 5.32 Å². The van der Waals surface area contributed by atoms with E-state index in [0.29, 0.717) is 0 Å². The molecule has 1 atom stereocenters. The van der Waals surface area contributed by atoms with E-state index in [-0.39, 0.29) is 0 Å². The zero-order valence-corrected chi connectivity index (χ0v) is 8.31. The van der Waals surface area contributed by atoms with Gasteiger partial charge in [0.1, 0.15) is 0 Å². The highest BCUT2D eigenvalue weighted by atomic mass is 16.5. The molecule has 12 heavy (non-hydrogen) atoms. The van der Waals surface area contributed by atoms with Crippen LogP contribution in [0.3, 0.4) is 0 Å². The van der Waals surface area contributed by atoms with Crippen LogP contribution in [0, 0.1) is 5.92 Å². The molecule has 2 nitrogen and oxygen atoms in total. The molecule has 0 fully saturated rings. The molecule has 0 spiro atoms. The summed E-state index contributed by atoms with van der Waals surface area (Å²) in [5.74, 6) is 0.736. The standard InChI is InChI=1S/C10H21NO/c1-4-5-6-10(2)9-11-7-8-12-3/h4,10-11H,1,5-9H2,2-3H3. The van der Waals surface area contributed by atoms with E-state index in [0.717, 1.165) is 32.0 Å². The Kier molecular flexibility index (Phi) is 8.51. The van der Waals surface area contributed by atoms with Gasteiger partial charge < -0.3 is 10.1 Å². The van der Waals surface area contributed by atoms with Gasteiger partial charge in [-0.05, 0) is 25.3 Å². The van der Waals surface area contributed by atoms with Crippen LogP contribution in [0.5, 0.6) is 0 Å². The average Bonchev–Trinajstić information content (AvgIpc) is 2.09. The second-order valence-corrected chi connectivity index (χ2v) is 3.17. The molecule has 0 aliphatic rings. The summed E-state index contributed by atoms with van der Waals surface area (Å²) in [4.78, 5) is 0. The van der Waals surface area contributed by atoms with Crippen molar-refractivity contribution in [2.45, 2.75) is 19.8 Å². The number of nitrogens with one attached hydrogen (secondary N) is 1. The zero-order chi connectivity index (χ0) is 9.23. The third kappa shape index (κ3) is 7.76. The maximum absolute atomic E-state index is 4.93. The maximum Gasteiger partial charge on any atom is 0.0587 e. The van der Waals surface area contributed by atoms with E-state index in [4.69, 9.17) is 4.74 Å². The predicted molar refractivity (Wildman–Crippen MR) is 53.3 cm³/mol. The van der Waals surface area contributed by atoms with Crippen molar-refractivity contribution in [1.29, 1.82) is 0 Å². The third-order valence-corrected chi connectivity index (χ3v) is 1.84. The van der Waals surface area contributed by atoms with E-state index >= 15 is 0 Å². The van der Waals surface area contributed by atoms with Crippen molar-refractivity contribution in [1.82, 2.24) is 5.32 Å². The third-order valence-electron chi connectivity index (χ3n) is 1.84. The fourth-order valence-electron chi connectivity index (χ4n) is 1.03. The van der Waals surface area contributed by atoms with Gasteiger partial charge in [0.2, 0.25) is 0 Å². The number of hydrogen-bond donors (Lipinski definition) is 1. The van der Waals surface area contributed by atoms with E-state index in [1.807, 2.05) is 6.08 Å². The molecule has 0 aromatic heterocycles. The van der Waals surface area contributed by atoms with Crippen LogP contribution in [0.25, 0.3) is 0 Å². The molecule has 0 saturated carbocycles. The predicted octanol–water partition coefficient (Wildman–Crippen LogP) is 1.82. The minimum absolute atomic E-state index is 0.736. The highest BCUT2D eigenvalue weighted by molar-refractivity contribution is 4.68. The Morgan fingerprint density at radius 1 is 1.58 bits per heavy atom. The first-order chi connectivity index (χ1) is 5.81. The Balaban J connectivity index is 3.07. The quantitative estimate of drug-likeness (QED) is 0.444. The number of rotatable bonds is 8. The molecule has 0 amide bonds. The van der Waals surface area contributed by atoms with Gasteiger partial charge in [-0.25, -0.2) is 0 Å². The minimum Gasteiger partial charge on any atom is -0.383 e. The number of ether oxygens (including phenoxy) is 1. The van der Waals surface area contributed by atoms with Gasteiger partial charge >= 0.3 is 0 Å². The number of methoxy groups -OCH3 is 1. The molecule has 1 N–H and O–H groups in total. The molecule has 1 unspecified atom stereocenters. The fraction of sp³-hybridized carbons (Fsp3) is 0.800. The summed E-state index contributed by atoms with van der Waals surface area (Å²) < 4.78 is 4.93. The Bertz CT molecular complexity index is 104. The molecule has 0 aromatic rings. The SMILES string of the molecule is C=CCCC(C)CNCCOC. The minimum atomic E-state index is 0.736. The van der Waals surface area contributed by atoms with Crippen molar-refractivity contribution < 1.29 is 4.74 Å². The fourth-order valence-corrected chi connectivity index (χ4v) is 1.03. The molecule has 0 aliphatic heterocycles. The lowest BCUT2D eigenvalue weighted by molar-refractivity contribution is 0.198. The Morgan fingerprint density at radius 2 is 2.33 bits per heavy atom. The summed E-state index contributed by atoms with van der Waals surface area (Å²) in [6, 6.07) is 0. The highest BCUT2D eigenvalue weighted by Crippen LogP contribution is 2.03. The molecule has 0 radical (unpaired) electrons. The van der Waals surface area contributed by atoms with E-state index in [2.05, 4.69) is 18.8 Å². The molecular weight excluding hydrogens is 150 g/mol. The second kappa shape index (κ2) is 8.75. The largest absolute Gasteiger partial charge is 0.383 e. The first kappa shape index (κ1) is 11.7. The zero-order valence-electron chi connectivity index (χ0n) is 8.31. The van der Waals surface area contributed by atoms with Gasteiger partial charge in [0.15, 0.2) is 0 Å². The van der Waals surface area contributed by atoms with Crippen LogP contribution in [0.2, 0.25) is 0 Å². The van der Waals surface area contributed by atoms with Crippen LogP contribution in [-0.4, -0.2) is 26.8 Å². The summed E-state index contributed by atoms with van der Waals surface area (Å²) in [7, 11) is 1.73. The van der Waals surface area contributed by atoms with Gasteiger partial charge in [-0.1, -0.05) is 13.0 Å². The van der Waals surface area contributed by atoms with E-state index in [1.54, 1.807) is 7.11 Å². The Hall–Kier alpha value is -0.340. The lowest BCUT2D eigenvalue weighted by Gasteiger charge is -2.10. The van der Waals surface area contributed by atoms with Crippen molar-refractivity contribution in [2.24, 2.45) is 5.92 Å². The normalized spacial score (nSPS) is 12.8. The van der Waals surface area contributed by atoms with Crippen molar-refractivity contribution >= 4 is 0 Å². The highest BCUT2D eigenvalue weighted by Gasteiger charge is 1.98. The van der Waals surface area contributed by atoms with Gasteiger partial charge in [0.05, 0.1) is 6.61 Å². The van der Waals surface area contributed by atoms with Crippen molar-refractivity contribution in [3.8, 4) is 0 Å². The summed E-state index contributed by atoms with van der Waals surface area (Å²) in [5, 5.41) is 3.34. The number of allylic oxidation sites excluding steroid dienone is 1. The molecule has 0 rings (SSSR count). The van der Waals surface area contributed by atoms with Crippen LogP contribution in [-0.2, 0) is 4.74 Å². The first-order valence-electron chi connectivity index (χ1n) is 4.61. The lowest BCUT2D eigenvalue weighted by atomic mass is 10.1. The summed E-state index contributed by atoms with van der Waals surface area (Å²) in [5.41, 5.74) is 0. The Labute approximate surface area is 76.0 Å². The smallest absolute Gasteiger partial charge is 0.0587 e. The van der Waals surface area contributed by atoms with Gasteiger partial charge in [-0.2, -0.15) is 0 Å². The topological polar surface area (TPSA) is 21.3 Å². The summed E-state index contributed by atoms with van der Waals surface area (Å²) in [6.07, 6.45) is 4.32. The van der Waals surface area contributed by atoms with Crippen molar-refractivity contribution in [2.75, 3.05) is 26.8 Å². The van der Waals surface area contributed by atoms with Gasteiger partial charge in [0.25, 0.3) is 0 Å². The first-order valence-corrected chi connectivity index (χ1v) is 4.61. The van der Waals surface area contributed by atoms with Crippen molar-refractivity contribution in [3.05, 3.63) is 12.7 Å². The molecule has 72 valence electrons. The van der Waals surface area contributed by atoms with Crippen LogP contribution in [0.4, 0.5) is 0 Å². The maximum atomic E-state index is 4.93. The summed E-state index contributed by atoms with van der Waals surface area (Å²) >= 11 is 0. The van der Waals surface area contributed by atoms with E-state index < -0.39 is 0 Å². The molecule has 0 saturated heterocycles. The lowest BCUT2D eigenvalue weighted by Crippen LogP contribution is -2.24. The molecule has 0 aromatic carbocycles. The monoisotopic (exact) mass is 171 g/mol.